The second-order valence-electron chi connectivity index (χ2n) is 10.2. The van der Waals surface area contributed by atoms with Crippen molar-refractivity contribution in [3.8, 4) is 5.88 Å². The van der Waals surface area contributed by atoms with E-state index in [1.807, 2.05) is 13.8 Å². The molecule has 1 saturated carbocycles. The van der Waals surface area contributed by atoms with Crippen molar-refractivity contribution in [1.82, 2.24) is 29.9 Å². The molecule has 2 aliphatic carbocycles. The summed E-state index contributed by atoms with van der Waals surface area (Å²) in [5.41, 5.74) is 0.235. The number of halogens is 1. The van der Waals surface area contributed by atoms with Gasteiger partial charge in [0.15, 0.2) is 22.0 Å². The molecule has 0 amide bonds. The van der Waals surface area contributed by atoms with Crippen LogP contribution in [0, 0.1) is 0 Å². The summed E-state index contributed by atoms with van der Waals surface area (Å²) in [5, 5.41) is 14.1. The molecule has 3 aromatic rings. The largest absolute Gasteiger partial charge is 0.474 e. The van der Waals surface area contributed by atoms with Crippen LogP contribution in [0.4, 0.5) is 4.39 Å². The monoisotopic (exact) mass is 559 g/mol. The predicted octanol–water partition coefficient (Wildman–Crippen LogP) is 3.54. The van der Waals surface area contributed by atoms with Gasteiger partial charge in [-0.1, -0.05) is 32.0 Å². The summed E-state index contributed by atoms with van der Waals surface area (Å²) in [5.74, 6) is 0.519. The molecule has 1 atom stereocenters. The zero-order chi connectivity index (χ0) is 27.9. The Balaban J connectivity index is 1.34. The van der Waals surface area contributed by atoms with Gasteiger partial charge in [-0.15, -0.1) is 0 Å². The van der Waals surface area contributed by atoms with E-state index in [4.69, 9.17) is 14.4 Å². The minimum Gasteiger partial charge on any atom is -0.474 e. The van der Waals surface area contributed by atoms with Gasteiger partial charge in [0.05, 0.1) is 11.9 Å². The average Bonchev–Trinajstić information content (AvgIpc) is 3.57. The van der Waals surface area contributed by atoms with Crippen LogP contribution in [0.25, 0.3) is 16.7 Å². The molecule has 0 saturated heterocycles. The summed E-state index contributed by atoms with van der Waals surface area (Å²) in [6.45, 7) is 5.54. The zero-order valence-electron chi connectivity index (χ0n) is 21.9. The van der Waals surface area contributed by atoms with E-state index in [0.29, 0.717) is 23.0 Å². The molecule has 5 rings (SSSR count). The number of Topliss-reactive ketones (excluding diaryl/α,β-unsaturated/α-hetero) is 1. The minimum absolute atomic E-state index is 0.0429. The lowest BCUT2D eigenvalue weighted by Gasteiger charge is -2.29. The fourth-order valence-electron chi connectivity index (χ4n) is 5.04. The minimum atomic E-state index is -4.41. The molecule has 0 spiro atoms. The van der Waals surface area contributed by atoms with E-state index in [2.05, 4.69) is 25.2 Å². The number of nitrogens with two attached hydrogens (primary N) is 1. The maximum absolute atomic E-state index is 15.4. The molecule has 2 aliphatic rings. The van der Waals surface area contributed by atoms with Crippen LogP contribution in [0.15, 0.2) is 35.0 Å². The van der Waals surface area contributed by atoms with Crippen LogP contribution in [-0.4, -0.2) is 54.9 Å². The maximum Gasteiger partial charge on any atom is 0.229 e. The molecule has 0 bridgehead atoms. The lowest BCUT2D eigenvalue weighted by molar-refractivity contribution is -0.120. The number of primary sulfonamides is 1. The number of carbonyl (C=O) groups is 1. The Labute approximate surface area is 224 Å². The summed E-state index contributed by atoms with van der Waals surface area (Å²) in [4.78, 5) is 25.5. The van der Waals surface area contributed by atoms with E-state index in [-0.39, 0.29) is 35.7 Å². The molecule has 39 heavy (non-hydrogen) atoms. The second kappa shape index (κ2) is 10.2. The van der Waals surface area contributed by atoms with Gasteiger partial charge in [-0.3, -0.25) is 4.79 Å². The number of carbonyl (C=O) groups excluding carboxylic acids is 1. The van der Waals surface area contributed by atoms with Crippen molar-refractivity contribution in [2.75, 3.05) is 0 Å². The Morgan fingerprint density at radius 3 is 2.64 bits per heavy atom. The molecule has 14 heteroatoms. The highest BCUT2D eigenvalue weighted by Gasteiger charge is 2.48. The smallest absolute Gasteiger partial charge is 0.229 e. The molecule has 3 heterocycles. The van der Waals surface area contributed by atoms with Gasteiger partial charge >= 0.3 is 0 Å². The highest BCUT2D eigenvalue weighted by Crippen LogP contribution is 2.38. The van der Waals surface area contributed by atoms with Crippen molar-refractivity contribution < 1.29 is 26.9 Å². The van der Waals surface area contributed by atoms with Gasteiger partial charge in [0.1, 0.15) is 23.6 Å². The van der Waals surface area contributed by atoms with Gasteiger partial charge in [-0.05, 0) is 31.8 Å². The maximum atomic E-state index is 15.4. The molecule has 0 radical (unpaired) electrons. The van der Waals surface area contributed by atoms with Gasteiger partial charge in [-0.25, -0.2) is 32.6 Å². The van der Waals surface area contributed by atoms with Crippen LogP contribution in [0.3, 0.4) is 0 Å². The van der Waals surface area contributed by atoms with Crippen LogP contribution in [0.2, 0.25) is 0 Å². The average molecular weight is 560 g/mol. The number of nitrogens with zero attached hydrogens (tertiary/aromatic N) is 6. The van der Waals surface area contributed by atoms with E-state index in [9.17, 15) is 13.2 Å². The number of rotatable bonds is 8. The SMILES string of the molecule is CCC(=O)C1(S(N)(=O)=O)C=CC(n2ncc3c(OC4CCC(c5nc(C(C)C)no5)CC4)ncnc32)=C(F)C1. The number of sulfonamides is 1. The molecular weight excluding hydrogens is 529 g/mol. The standard InChI is InChI=1S/C25H30FN7O5S/c1-4-20(34)25(39(27,35)36)10-9-19(18(26)11-25)33-22-17(12-30-33)24(29-13-28-22)37-16-7-5-15(6-8-16)23-31-21(14(2)3)32-38-23/h9-10,12-16H,4-8,11H2,1-3H3,(H2,27,35,36). The first-order valence-electron chi connectivity index (χ1n) is 12.9. The van der Waals surface area contributed by atoms with Crippen molar-refractivity contribution >= 4 is 32.5 Å². The van der Waals surface area contributed by atoms with Crippen molar-refractivity contribution in [3.05, 3.63) is 42.2 Å². The third-order valence-electron chi connectivity index (χ3n) is 7.34. The lowest BCUT2D eigenvalue weighted by Crippen LogP contribution is -2.49. The number of allylic oxidation sites excluding steroid dienone is 3. The van der Waals surface area contributed by atoms with Crippen molar-refractivity contribution in [1.29, 1.82) is 0 Å². The zero-order valence-corrected chi connectivity index (χ0v) is 22.7. The van der Waals surface area contributed by atoms with Crippen LogP contribution in [0.1, 0.15) is 82.8 Å². The number of fused-ring (bicyclic) bond motifs is 1. The van der Waals surface area contributed by atoms with Gasteiger partial charge in [0, 0.05) is 24.7 Å². The highest BCUT2D eigenvalue weighted by molar-refractivity contribution is 7.91. The Kier molecular flexibility index (Phi) is 7.10. The Morgan fingerprint density at radius 2 is 2.03 bits per heavy atom. The first-order valence-corrected chi connectivity index (χ1v) is 14.4. The molecule has 1 unspecified atom stereocenters. The summed E-state index contributed by atoms with van der Waals surface area (Å²) in [7, 11) is -4.41. The van der Waals surface area contributed by atoms with Gasteiger partial charge in [-0.2, -0.15) is 10.1 Å². The van der Waals surface area contributed by atoms with Crippen LogP contribution in [-0.2, 0) is 14.8 Å². The van der Waals surface area contributed by atoms with Crippen LogP contribution < -0.4 is 9.88 Å². The second-order valence-corrected chi connectivity index (χ2v) is 12.0. The van der Waals surface area contributed by atoms with E-state index >= 15 is 4.39 Å². The summed E-state index contributed by atoms with van der Waals surface area (Å²) >= 11 is 0. The van der Waals surface area contributed by atoms with E-state index in [1.165, 1.54) is 30.2 Å². The Hall–Kier alpha value is -3.52. The fraction of sp³-hybridized carbons (Fsp3) is 0.520. The lowest BCUT2D eigenvalue weighted by atomic mass is 9.87. The van der Waals surface area contributed by atoms with Crippen molar-refractivity contribution in [2.45, 2.75) is 82.0 Å². The number of hydrogen-bond donors (Lipinski definition) is 1. The predicted molar refractivity (Wildman–Crippen MR) is 139 cm³/mol. The van der Waals surface area contributed by atoms with Crippen LogP contribution >= 0.6 is 0 Å². The topological polar surface area (TPSA) is 169 Å². The number of aromatic nitrogens is 6. The van der Waals surface area contributed by atoms with Gasteiger partial charge in [0.25, 0.3) is 0 Å². The first kappa shape index (κ1) is 27.1. The number of ketones is 1. The quantitative estimate of drug-likeness (QED) is 0.431. The molecule has 0 aromatic carbocycles. The molecular formula is C25H30FN7O5S. The Morgan fingerprint density at radius 1 is 1.28 bits per heavy atom. The summed E-state index contributed by atoms with van der Waals surface area (Å²) in [6, 6.07) is 0. The molecule has 3 aromatic heterocycles. The summed E-state index contributed by atoms with van der Waals surface area (Å²) < 4.78 is 50.6. The third kappa shape index (κ3) is 4.86. The highest BCUT2D eigenvalue weighted by atomic mass is 32.2. The Bertz CT molecular complexity index is 1570. The van der Waals surface area contributed by atoms with Crippen molar-refractivity contribution in [3.63, 3.8) is 0 Å². The van der Waals surface area contributed by atoms with Crippen LogP contribution in [0.5, 0.6) is 5.88 Å². The molecule has 208 valence electrons. The van der Waals surface area contributed by atoms with Crippen molar-refractivity contribution in [2.24, 2.45) is 5.14 Å². The van der Waals surface area contributed by atoms with E-state index in [0.717, 1.165) is 31.8 Å². The van der Waals surface area contributed by atoms with Gasteiger partial charge in [0.2, 0.25) is 21.8 Å². The first-order chi connectivity index (χ1) is 18.5. The summed E-state index contributed by atoms with van der Waals surface area (Å²) in [6.07, 6.45) is 7.33. The molecule has 2 N–H and O–H groups in total. The molecule has 0 aliphatic heterocycles. The third-order valence-corrected chi connectivity index (χ3v) is 8.86. The van der Waals surface area contributed by atoms with E-state index in [1.54, 1.807) is 0 Å². The van der Waals surface area contributed by atoms with E-state index < -0.39 is 32.8 Å². The molecule has 12 nitrogen and oxygen atoms in total. The fourth-order valence-corrected chi connectivity index (χ4v) is 6.09. The van der Waals surface area contributed by atoms with Gasteiger partial charge < -0.3 is 9.26 Å². The molecule has 1 fully saturated rings. The normalized spacial score (nSPS) is 24.1. The number of ether oxygens (including phenoxy) is 1. The number of hydrogen-bond acceptors (Lipinski definition) is 10.